The van der Waals surface area contributed by atoms with Crippen LogP contribution in [0.5, 0.6) is 0 Å². The van der Waals surface area contributed by atoms with Crippen molar-refractivity contribution in [3.8, 4) is 0 Å². The first kappa shape index (κ1) is 16.9. The van der Waals surface area contributed by atoms with Crippen LogP contribution in [0.4, 0.5) is 0 Å². The van der Waals surface area contributed by atoms with Gasteiger partial charge in [0.25, 0.3) is 0 Å². The molecule has 0 aromatic heterocycles. The van der Waals surface area contributed by atoms with Gasteiger partial charge in [-0.05, 0) is 38.1 Å². The van der Waals surface area contributed by atoms with Crippen LogP contribution >= 0.6 is 0 Å². The predicted molar refractivity (Wildman–Crippen MR) is 84.9 cm³/mol. The number of carbonyl (C=O) groups is 1. The third-order valence-corrected chi connectivity index (χ3v) is 5.09. The molecule has 0 aliphatic carbocycles. The van der Waals surface area contributed by atoms with Crippen molar-refractivity contribution in [1.82, 2.24) is 14.9 Å². The first-order valence-corrected chi connectivity index (χ1v) is 9.10. The maximum Gasteiger partial charge on any atom is 0.240 e. The van der Waals surface area contributed by atoms with Crippen LogP contribution in [0.15, 0.2) is 35.2 Å². The van der Waals surface area contributed by atoms with Crippen molar-refractivity contribution < 1.29 is 13.2 Å². The average molecular weight is 325 g/mol. The van der Waals surface area contributed by atoms with E-state index in [2.05, 4.69) is 14.9 Å². The molecule has 0 bridgehead atoms. The van der Waals surface area contributed by atoms with Gasteiger partial charge in [0.15, 0.2) is 0 Å². The Bertz CT molecular complexity index is 569. The number of nitrogens with zero attached hydrogens (tertiary/aromatic N) is 1. The number of rotatable bonds is 7. The minimum atomic E-state index is -3.50. The molecule has 1 heterocycles. The van der Waals surface area contributed by atoms with E-state index in [1.807, 2.05) is 0 Å². The number of benzene rings is 1. The van der Waals surface area contributed by atoms with Gasteiger partial charge >= 0.3 is 0 Å². The second-order valence-electron chi connectivity index (χ2n) is 5.40. The van der Waals surface area contributed by atoms with Crippen LogP contribution in [0.1, 0.15) is 19.3 Å². The zero-order chi connectivity index (χ0) is 15.8. The maximum absolute atomic E-state index is 12.0. The van der Waals surface area contributed by atoms with Crippen LogP contribution in [0.25, 0.3) is 0 Å². The summed E-state index contributed by atoms with van der Waals surface area (Å²) >= 11 is 0. The molecule has 122 valence electrons. The molecule has 7 heteroatoms. The third kappa shape index (κ3) is 5.40. The number of hydrogen-bond acceptors (Lipinski definition) is 4. The smallest absolute Gasteiger partial charge is 0.240 e. The fourth-order valence-electron chi connectivity index (χ4n) is 2.45. The highest BCUT2D eigenvalue weighted by Gasteiger charge is 2.14. The van der Waals surface area contributed by atoms with Gasteiger partial charge in [-0.15, -0.1) is 0 Å². The Morgan fingerprint density at radius 3 is 2.41 bits per heavy atom. The standard InChI is InChI=1S/C15H23N3O3S/c19-15(13-18-11-5-2-6-12-18)16-9-10-17-22(20,21)14-7-3-1-4-8-14/h1,3-4,7-8,17H,2,5-6,9-13H2,(H,16,19). The van der Waals surface area contributed by atoms with Gasteiger partial charge in [0.2, 0.25) is 15.9 Å². The SMILES string of the molecule is O=C(CN1CCCCC1)NCCNS(=O)(=O)c1ccccc1. The average Bonchev–Trinajstić information content (AvgIpc) is 2.53. The zero-order valence-electron chi connectivity index (χ0n) is 12.6. The number of piperidine rings is 1. The van der Waals surface area contributed by atoms with E-state index in [0.717, 1.165) is 25.9 Å². The quantitative estimate of drug-likeness (QED) is 0.718. The molecule has 2 N–H and O–H groups in total. The Morgan fingerprint density at radius 1 is 1.05 bits per heavy atom. The summed E-state index contributed by atoms with van der Waals surface area (Å²) in [6.07, 6.45) is 3.52. The van der Waals surface area contributed by atoms with Crippen LogP contribution in [0.2, 0.25) is 0 Å². The number of sulfonamides is 1. The van der Waals surface area contributed by atoms with E-state index in [4.69, 9.17) is 0 Å². The van der Waals surface area contributed by atoms with Gasteiger partial charge in [-0.25, -0.2) is 13.1 Å². The summed E-state index contributed by atoms with van der Waals surface area (Å²) in [5.74, 6) is -0.0548. The second kappa shape index (κ2) is 8.26. The van der Waals surface area contributed by atoms with Crippen molar-refractivity contribution in [2.45, 2.75) is 24.2 Å². The van der Waals surface area contributed by atoms with E-state index in [9.17, 15) is 13.2 Å². The lowest BCUT2D eigenvalue weighted by atomic mass is 10.1. The molecule has 1 saturated heterocycles. The summed E-state index contributed by atoms with van der Waals surface area (Å²) in [6, 6.07) is 8.19. The van der Waals surface area contributed by atoms with E-state index < -0.39 is 10.0 Å². The summed E-state index contributed by atoms with van der Waals surface area (Å²) in [5.41, 5.74) is 0. The van der Waals surface area contributed by atoms with Crippen molar-refractivity contribution in [3.63, 3.8) is 0 Å². The summed E-state index contributed by atoms with van der Waals surface area (Å²) in [6.45, 7) is 2.80. The minimum Gasteiger partial charge on any atom is -0.354 e. The Hall–Kier alpha value is -1.44. The molecule has 0 radical (unpaired) electrons. The summed E-state index contributed by atoms with van der Waals surface area (Å²) in [7, 11) is -3.50. The molecule has 1 amide bonds. The molecule has 2 rings (SSSR count). The topological polar surface area (TPSA) is 78.5 Å². The van der Waals surface area contributed by atoms with Gasteiger partial charge in [-0.1, -0.05) is 24.6 Å². The molecule has 6 nitrogen and oxygen atoms in total. The monoisotopic (exact) mass is 325 g/mol. The molecule has 0 spiro atoms. The van der Waals surface area contributed by atoms with Gasteiger partial charge in [0.05, 0.1) is 11.4 Å². The molecule has 0 unspecified atom stereocenters. The van der Waals surface area contributed by atoms with Crippen LogP contribution < -0.4 is 10.0 Å². The van der Waals surface area contributed by atoms with Crippen molar-refractivity contribution in [1.29, 1.82) is 0 Å². The lowest BCUT2D eigenvalue weighted by Gasteiger charge is -2.25. The third-order valence-electron chi connectivity index (χ3n) is 3.61. The first-order valence-electron chi connectivity index (χ1n) is 7.62. The van der Waals surface area contributed by atoms with E-state index >= 15 is 0 Å². The Kier molecular flexibility index (Phi) is 6.35. The Labute approximate surface area is 131 Å². The van der Waals surface area contributed by atoms with Crippen LogP contribution in [-0.2, 0) is 14.8 Å². The zero-order valence-corrected chi connectivity index (χ0v) is 13.4. The molecule has 0 saturated carbocycles. The largest absolute Gasteiger partial charge is 0.354 e. The lowest BCUT2D eigenvalue weighted by Crippen LogP contribution is -2.42. The number of hydrogen-bond donors (Lipinski definition) is 2. The number of nitrogens with one attached hydrogen (secondary N) is 2. The first-order chi connectivity index (χ1) is 10.6. The van der Waals surface area contributed by atoms with E-state index in [1.54, 1.807) is 18.2 Å². The van der Waals surface area contributed by atoms with Crippen LogP contribution in [0.3, 0.4) is 0 Å². The molecule has 22 heavy (non-hydrogen) atoms. The summed E-state index contributed by atoms with van der Waals surface area (Å²) < 4.78 is 26.4. The van der Waals surface area contributed by atoms with E-state index in [-0.39, 0.29) is 17.3 Å². The molecule has 1 aromatic rings. The van der Waals surface area contributed by atoms with Crippen molar-refractivity contribution in [3.05, 3.63) is 30.3 Å². The molecular formula is C15H23N3O3S. The van der Waals surface area contributed by atoms with Crippen molar-refractivity contribution in [2.24, 2.45) is 0 Å². The predicted octanol–water partition coefficient (Wildman–Crippen LogP) is 0.567. The van der Waals surface area contributed by atoms with Crippen molar-refractivity contribution >= 4 is 15.9 Å². The number of likely N-dealkylation sites (tertiary alicyclic amines) is 1. The highest BCUT2D eigenvalue weighted by atomic mass is 32.2. The van der Waals surface area contributed by atoms with E-state index in [1.165, 1.54) is 18.6 Å². The van der Waals surface area contributed by atoms with Crippen LogP contribution in [0, 0.1) is 0 Å². The molecule has 1 aliphatic rings. The van der Waals surface area contributed by atoms with Crippen molar-refractivity contribution in [2.75, 3.05) is 32.7 Å². The minimum absolute atomic E-state index is 0.0548. The van der Waals surface area contributed by atoms with Gasteiger partial charge in [-0.3, -0.25) is 9.69 Å². The Balaban J connectivity index is 1.67. The molecule has 1 aromatic carbocycles. The van der Waals surface area contributed by atoms with Gasteiger partial charge in [0, 0.05) is 13.1 Å². The molecule has 1 aliphatic heterocycles. The van der Waals surface area contributed by atoms with Gasteiger partial charge in [0.1, 0.15) is 0 Å². The normalized spacial score (nSPS) is 16.4. The maximum atomic E-state index is 12.0. The lowest BCUT2D eigenvalue weighted by molar-refractivity contribution is -0.122. The van der Waals surface area contributed by atoms with E-state index in [0.29, 0.717) is 13.1 Å². The summed E-state index contributed by atoms with van der Waals surface area (Å²) in [4.78, 5) is 14.1. The fourth-order valence-corrected chi connectivity index (χ4v) is 3.50. The van der Waals surface area contributed by atoms with Crippen LogP contribution in [-0.4, -0.2) is 51.9 Å². The van der Waals surface area contributed by atoms with Gasteiger partial charge < -0.3 is 5.32 Å². The molecular weight excluding hydrogens is 302 g/mol. The molecule has 1 fully saturated rings. The van der Waals surface area contributed by atoms with Gasteiger partial charge in [-0.2, -0.15) is 0 Å². The Morgan fingerprint density at radius 2 is 1.73 bits per heavy atom. The summed E-state index contributed by atoms with van der Waals surface area (Å²) in [5, 5.41) is 2.75. The fraction of sp³-hybridized carbons (Fsp3) is 0.533. The highest BCUT2D eigenvalue weighted by Crippen LogP contribution is 2.08. The number of carbonyl (C=O) groups excluding carboxylic acids is 1. The number of amides is 1. The highest BCUT2D eigenvalue weighted by molar-refractivity contribution is 7.89. The second-order valence-corrected chi connectivity index (χ2v) is 7.16. The molecule has 0 atom stereocenters.